The summed E-state index contributed by atoms with van der Waals surface area (Å²) in [5.41, 5.74) is 0.942. The number of hydrogen-bond donors (Lipinski definition) is 1. The molecule has 0 heterocycles. The number of benzene rings is 2. The van der Waals surface area contributed by atoms with Gasteiger partial charge in [-0.15, -0.1) is 0 Å². The molecule has 0 aliphatic rings. The van der Waals surface area contributed by atoms with Crippen LogP contribution in [0.15, 0.2) is 42.5 Å². The number of ether oxygens (including phenoxy) is 1. The SMILES string of the molecule is CCCNC(=O)[C@H](CC)N(Cc1c(Cl)cccc1Cl)C(=O)CCCN(c1ccccc1OC)S(C)(=O)=O. The van der Waals surface area contributed by atoms with Crippen LogP contribution in [0.5, 0.6) is 5.75 Å². The highest BCUT2D eigenvalue weighted by molar-refractivity contribution is 7.92. The molecule has 0 aliphatic heterocycles. The van der Waals surface area contributed by atoms with Crippen molar-refractivity contribution < 1.29 is 22.7 Å². The molecule has 11 heteroatoms. The van der Waals surface area contributed by atoms with Gasteiger partial charge in [0, 0.05) is 41.7 Å². The maximum absolute atomic E-state index is 13.5. The molecule has 0 aliphatic carbocycles. The molecule has 0 radical (unpaired) electrons. The number of carbonyl (C=O) groups excluding carboxylic acids is 2. The van der Waals surface area contributed by atoms with Gasteiger partial charge in [-0.2, -0.15) is 0 Å². The number of sulfonamides is 1. The van der Waals surface area contributed by atoms with Gasteiger partial charge in [0.1, 0.15) is 11.8 Å². The lowest BCUT2D eigenvalue weighted by molar-refractivity contribution is -0.141. The Morgan fingerprint density at radius 2 is 1.70 bits per heavy atom. The Bertz CT molecular complexity index is 1160. The first-order chi connectivity index (χ1) is 17.5. The van der Waals surface area contributed by atoms with E-state index < -0.39 is 16.1 Å². The summed E-state index contributed by atoms with van der Waals surface area (Å²) in [5.74, 6) is -0.150. The van der Waals surface area contributed by atoms with Crippen molar-refractivity contribution in [3.8, 4) is 5.75 Å². The number of nitrogens with one attached hydrogen (secondary N) is 1. The summed E-state index contributed by atoms with van der Waals surface area (Å²) in [4.78, 5) is 27.9. The first-order valence-corrected chi connectivity index (χ1v) is 14.8. The van der Waals surface area contributed by atoms with Crippen LogP contribution < -0.4 is 14.4 Å². The fraction of sp³-hybridized carbons (Fsp3) is 0.462. The molecule has 0 saturated carbocycles. The summed E-state index contributed by atoms with van der Waals surface area (Å²) in [5, 5.41) is 3.66. The Labute approximate surface area is 229 Å². The van der Waals surface area contributed by atoms with Crippen LogP contribution in [0.25, 0.3) is 0 Å². The van der Waals surface area contributed by atoms with Gasteiger partial charge in [-0.3, -0.25) is 13.9 Å². The summed E-state index contributed by atoms with van der Waals surface area (Å²) in [6.45, 7) is 4.38. The predicted octanol–water partition coefficient (Wildman–Crippen LogP) is 4.88. The molecule has 0 spiro atoms. The van der Waals surface area contributed by atoms with Crippen molar-refractivity contribution in [2.24, 2.45) is 0 Å². The number of nitrogens with zero attached hydrogens (tertiary/aromatic N) is 2. The Balaban J connectivity index is 2.29. The number of anilines is 1. The first-order valence-electron chi connectivity index (χ1n) is 12.2. The van der Waals surface area contributed by atoms with E-state index in [-0.39, 0.29) is 37.7 Å². The maximum Gasteiger partial charge on any atom is 0.242 e. The molecule has 204 valence electrons. The van der Waals surface area contributed by atoms with Crippen LogP contribution >= 0.6 is 23.2 Å². The zero-order valence-corrected chi connectivity index (χ0v) is 24.0. The maximum atomic E-state index is 13.5. The largest absolute Gasteiger partial charge is 0.495 e. The molecule has 1 N–H and O–H groups in total. The predicted molar refractivity (Wildman–Crippen MR) is 149 cm³/mol. The van der Waals surface area contributed by atoms with Gasteiger partial charge in [-0.1, -0.05) is 55.2 Å². The minimum atomic E-state index is -3.64. The molecule has 0 unspecified atom stereocenters. The minimum Gasteiger partial charge on any atom is -0.495 e. The summed E-state index contributed by atoms with van der Waals surface area (Å²) in [6.07, 6.45) is 2.50. The molecule has 0 aromatic heterocycles. The van der Waals surface area contributed by atoms with E-state index in [1.165, 1.54) is 16.3 Å². The monoisotopic (exact) mass is 571 g/mol. The number of halogens is 2. The van der Waals surface area contributed by atoms with E-state index in [2.05, 4.69) is 5.32 Å². The van der Waals surface area contributed by atoms with Crippen LogP contribution in [0.4, 0.5) is 5.69 Å². The molecule has 2 aromatic rings. The van der Waals surface area contributed by atoms with E-state index in [4.69, 9.17) is 27.9 Å². The van der Waals surface area contributed by atoms with Crippen molar-refractivity contribution in [3.05, 3.63) is 58.1 Å². The van der Waals surface area contributed by atoms with E-state index in [0.717, 1.165) is 12.7 Å². The molecule has 0 fully saturated rings. The Morgan fingerprint density at radius 1 is 1.05 bits per heavy atom. The molecule has 0 bridgehead atoms. The van der Waals surface area contributed by atoms with Crippen LogP contribution in [0.1, 0.15) is 45.1 Å². The van der Waals surface area contributed by atoms with Crippen molar-refractivity contribution in [1.82, 2.24) is 10.2 Å². The minimum absolute atomic E-state index is 0.0147. The standard InChI is InChI=1S/C26H35Cl2N3O5S/c1-5-16-29-26(33)22(6-2)30(18-19-20(27)11-9-12-21(19)28)25(32)15-10-17-31(37(4,34)35)23-13-7-8-14-24(23)36-3/h7-9,11-14,22H,5-6,10,15-18H2,1-4H3,(H,29,33)/t22-/m0/s1. The highest BCUT2D eigenvalue weighted by Gasteiger charge is 2.30. The summed E-state index contributed by atoms with van der Waals surface area (Å²) < 4.78 is 31.7. The fourth-order valence-electron chi connectivity index (χ4n) is 3.96. The van der Waals surface area contributed by atoms with Crippen molar-refractivity contribution in [2.75, 3.05) is 30.8 Å². The third-order valence-corrected chi connectivity index (χ3v) is 7.72. The second kappa shape index (κ2) is 14.4. The lowest BCUT2D eigenvalue weighted by Gasteiger charge is -2.31. The Kier molecular flexibility index (Phi) is 12.0. The third kappa shape index (κ3) is 8.51. The highest BCUT2D eigenvalue weighted by atomic mass is 35.5. The molecule has 1 atom stereocenters. The van der Waals surface area contributed by atoms with Crippen LogP contribution in [0.3, 0.4) is 0 Å². The summed E-state index contributed by atoms with van der Waals surface area (Å²) in [6, 6.07) is 11.1. The van der Waals surface area contributed by atoms with E-state index in [1.54, 1.807) is 42.5 Å². The lowest BCUT2D eigenvalue weighted by atomic mass is 10.1. The molecule has 2 amide bonds. The topological polar surface area (TPSA) is 96.0 Å². The van der Waals surface area contributed by atoms with Gasteiger partial charge in [-0.25, -0.2) is 8.42 Å². The number of carbonyl (C=O) groups is 2. The van der Waals surface area contributed by atoms with E-state index in [0.29, 0.717) is 40.0 Å². The average molecular weight is 573 g/mol. The average Bonchev–Trinajstić information content (AvgIpc) is 2.86. The molecule has 8 nitrogen and oxygen atoms in total. The van der Waals surface area contributed by atoms with E-state index >= 15 is 0 Å². The van der Waals surface area contributed by atoms with Gasteiger partial charge in [0.2, 0.25) is 21.8 Å². The Hall–Kier alpha value is -2.49. The van der Waals surface area contributed by atoms with Crippen molar-refractivity contribution >= 4 is 50.7 Å². The molecule has 2 rings (SSSR count). The van der Waals surface area contributed by atoms with Gasteiger partial charge < -0.3 is 15.0 Å². The molecule has 2 aromatic carbocycles. The van der Waals surface area contributed by atoms with Gasteiger partial charge in [0.15, 0.2) is 0 Å². The van der Waals surface area contributed by atoms with Crippen LogP contribution in [-0.2, 0) is 26.2 Å². The zero-order chi connectivity index (χ0) is 27.6. The molecule has 37 heavy (non-hydrogen) atoms. The number of amides is 2. The smallest absolute Gasteiger partial charge is 0.242 e. The molecular formula is C26H35Cl2N3O5S. The van der Waals surface area contributed by atoms with E-state index in [9.17, 15) is 18.0 Å². The molecule has 0 saturated heterocycles. The van der Waals surface area contributed by atoms with Crippen LogP contribution in [-0.4, -0.2) is 57.6 Å². The summed E-state index contributed by atoms with van der Waals surface area (Å²) >= 11 is 12.7. The van der Waals surface area contributed by atoms with Gasteiger partial charge in [0.25, 0.3) is 0 Å². The number of hydrogen-bond acceptors (Lipinski definition) is 5. The van der Waals surface area contributed by atoms with Gasteiger partial charge in [-0.05, 0) is 43.5 Å². The second-order valence-electron chi connectivity index (χ2n) is 8.55. The van der Waals surface area contributed by atoms with Crippen LogP contribution in [0, 0.1) is 0 Å². The first kappa shape index (κ1) is 30.7. The number of rotatable bonds is 14. The zero-order valence-electron chi connectivity index (χ0n) is 21.7. The third-order valence-electron chi connectivity index (χ3n) is 5.83. The van der Waals surface area contributed by atoms with Crippen molar-refractivity contribution in [3.63, 3.8) is 0 Å². The van der Waals surface area contributed by atoms with Crippen molar-refractivity contribution in [2.45, 2.75) is 52.1 Å². The number of para-hydroxylation sites is 2. The summed E-state index contributed by atoms with van der Waals surface area (Å²) in [7, 11) is -2.18. The molecular weight excluding hydrogens is 537 g/mol. The van der Waals surface area contributed by atoms with Crippen LogP contribution in [0.2, 0.25) is 10.0 Å². The lowest BCUT2D eigenvalue weighted by Crippen LogP contribution is -2.49. The quantitative estimate of drug-likeness (QED) is 0.348. The Morgan fingerprint density at radius 3 is 2.27 bits per heavy atom. The number of methoxy groups -OCH3 is 1. The van der Waals surface area contributed by atoms with Gasteiger partial charge >= 0.3 is 0 Å². The fourth-order valence-corrected chi connectivity index (χ4v) is 5.44. The second-order valence-corrected chi connectivity index (χ2v) is 11.3. The highest BCUT2D eigenvalue weighted by Crippen LogP contribution is 2.30. The van der Waals surface area contributed by atoms with Crippen molar-refractivity contribution in [1.29, 1.82) is 0 Å². The normalized spacial score (nSPS) is 12.1. The van der Waals surface area contributed by atoms with Gasteiger partial charge in [0.05, 0.1) is 19.1 Å². The van der Waals surface area contributed by atoms with E-state index in [1.807, 2.05) is 13.8 Å².